The second kappa shape index (κ2) is 3.63. The fourth-order valence-corrected chi connectivity index (χ4v) is 1.51. The molecule has 0 amide bonds. The summed E-state index contributed by atoms with van der Waals surface area (Å²) in [4.78, 5) is 0. The highest BCUT2D eigenvalue weighted by atomic mass is 35.5. The maximum atomic E-state index is 6.01. The molecule has 0 N–H and O–H groups in total. The summed E-state index contributed by atoms with van der Waals surface area (Å²) in [5, 5.41) is 0.967. The van der Waals surface area contributed by atoms with Gasteiger partial charge in [0.25, 0.3) is 0 Å². The first-order chi connectivity index (χ1) is 5.49. The average Bonchev–Trinajstić information content (AvgIpc) is 1.91. The summed E-state index contributed by atoms with van der Waals surface area (Å²) in [5.74, 6) is 0. The third-order valence-corrected chi connectivity index (χ3v) is 2.14. The SMILES string of the molecule is CC(C)([Si])Cc1ccccc1Cl. The second-order valence-electron chi connectivity index (χ2n) is 3.65. The van der Waals surface area contributed by atoms with Gasteiger partial charge in [0.2, 0.25) is 0 Å². The summed E-state index contributed by atoms with van der Waals surface area (Å²) in [6.45, 7) is 4.26. The predicted molar refractivity (Wildman–Crippen MR) is 55.0 cm³/mol. The molecule has 2 heteroatoms. The number of halogens is 1. The minimum absolute atomic E-state index is 0.116. The molecular formula is C10H12ClSi. The normalized spacial score (nSPS) is 11.7. The largest absolute Gasteiger partial charge is 0.0840 e. The van der Waals surface area contributed by atoms with E-state index in [1.54, 1.807) is 0 Å². The molecule has 3 radical (unpaired) electrons. The number of rotatable bonds is 2. The Morgan fingerprint density at radius 3 is 2.42 bits per heavy atom. The molecule has 0 aliphatic rings. The van der Waals surface area contributed by atoms with Crippen LogP contribution in [0.25, 0.3) is 0 Å². The van der Waals surface area contributed by atoms with E-state index in [1.807, 2.05) is 18.2 Å². The third-order valence-electron chi connectivity index (χ3n) is 1.59. The molecule has 0 aliphatic heterocycles. The van der Waals surface area contributed by atoms with E-state index in [9.17, 15) is 0 Å². The van der Waals surface area contributed by atoms with Crippen molar-refractivity contribution in [1.29, 1.82) is 0 Å². The van der Waals surface area contributed by atoms with Gasteiger partial charge < -0.3 is 0 Å². The molecule has 0 nitrogen and oxygen atoms in total. The van der Waals surface area contributed by atoms with Crippen molar-refractivity contribution in [3.63, 3.8) is 0 Å². The van der Waals surface area contributed by atoms with Gasteiger partial charge in [0.15, 0.2) is 0 Å². The fraction of sp³-hybridized carbons (Fsp3) is 0.400. The zero-order chi connectivity index (χ0) is 9.19. The van der Waals surface area contributed by atoms with E-state index >= 15 is 0 Å². The third kappa shape index (κ3) is 3.00. The van der Waals surface area contributed by atoms with Crippen LogP contribution >= 0.6 is 11.6 Å². The summed E-state index contributed by atoms with van der Waals surface area (Å²) in [6.07, 6.45) is 0.948. The highest BCUT2D eigenvalue weighted by molar-refractivity contribution is 6.31. The van der Waals surface area contributed by atoms with Crippen LogP contribution in [0, 0.1) is 0 Å². The van der Waals surface area contributed by atoms with Crippen LogP contribution in [-0.4, -0.2) is 10.2 Å². The Labute approximate surface area is 82.4 Å². The van der Waals surface area contributed by atoms with Crippen molar-refractivity contribution in [2.45, 2.75) is 25.3 Å². The highest BCUT2D eigenvalue weighted by Crippen LogP contribution is 2.28. The lowest BCUT2D eigenvalue weighted by Gasteiger charge is -2.18. The van der Waals surface area contributed by atoms with E-state index in [1.165, 1.54) is 5.56 Å². The Kier molecular flexibility index (Phi) is 2.97. The molecule has 0 aromatic heterocycles. The van der Waals surface area contributed by atoms with E-state index < -0.39 is 0 Å². The summed E-state index contributed by atoms with van der Waals surface area (Å²) in [7, 11) is 3.64. The van der Waals surface area contributed by atoms with Crippen LogP contribution in [0.5, 0.6) is 0 Å². The van der Waals surface area contributed by atoms with Gasteiger partial charge in [0, 0.05) is 15.3 Å². The zero-order valence-corrected chi connectivity index (χ0v) is 9.15. The Morgan fingerprint density at radius 2 is 1.92 bits per heavy atom. The molecule has 1 aromatic rings. The maximum Gasteiger partial charge on any atom is 0.0438 e. The van der Waals surface area contributed by atoms with Crippen molar-refractivity contribution in [3.05, 3.63) is 34.9 Å². The first-order valence-electron chi connectivity index (χ1n) is 3.97. The standard InChI is InChI=1S/C10H12ClSi/c1-10(2,12)7-8-5-3-4-6-9(8)11/h3-6H,7H2,1-2H3. The molecule has 0 fully saturated rings. The van der Waals surface area contributed by atoms with Gasteiger partial charge in [-0.3, -0.25) is 0 Å². The molecular weight excluding hydrogens is 184 g/mol. The molecule has 0 saturated carbocycles. The zero-order valence-electron chi connectivity index (χ0n) is 7.39. The van der Waals surface area contributed by atoms with Crippen molar-refractivity contribution < 1.29 is 0 Å². The van der Waals surface area contributed by atoms with Crippen LogP contribution in [0.15, 0.2) is 24.3 Å². The van der Waals surface area contributed by atoms with E-state index in [0.717, 1.165) is 11.4 Å². The molecule has 1 aromatic carbocycles. The van der Waals surface area contributed by atoms with Crippen LogP contribution in [0.2, 0.25) is 10.1 Å². The van der Waals surface area contributed by atoms with Gasteiger partial charge in [0.05, 0.1) is 0 Å². The first kappa shape index (κ1) is 9.81. The quantitative estimate of drug-likeness (QED) is 0.636. The molecule has 0 spiro atoms. The van der Waals surface area contributed by atoms with Crippen LogP contribution in [0.1, 0.15) is 19.4 Å². The smallest absolute Gasteiger partial charge is 0.0438 e. The molecule has 0 saturated heterocycles. The van der Waals surface area contributed by atoms with Gasteiger partial charge in [-0.2, -0.15) is 0 Å². The molecule has 0 aliphatic carbocycles. The fourth-order valence-electron chi connectivity index (χ4n) is 1.12. The van der Waals surface area contributed by atoms with Gasteiger partial charge in [-0.1, -0.05) is 43.6 Å². The molecule has 0 unspecified atom stereocenters. The lowest BCUT2D eigenvalue weighted by Crippen LogP contribution is -2.06. The van der Waals surface area contributed by atoms with Gasteiger partial charge >= 0.3 is 0 Å². The second-order valence-corrected chi connectivity index (χ2v) is 5.41. The van der Waals surface area contributed by atoms with Crippen LogP contribution in [0.4, 0.5) is 0 Å². The molecule has 0 heterocycles. The Bertz CT molecular complexity index is 263. The van der Waals surface area contributed by atoms with E-state index in [-0.39, 0.29) is 5.04 Å². The van der Waals surface area contributed by atoms with Gasteiger partial charge in [-0.15, -0.1) is 0 Å². The van der Waals surface area contributed by atoms with Crippen molar-refractivity contribution >= 4 is 21.8 Å². The number of hydrogen-bond donors (Lipinski definition) is 0. The first-order valence-corrected chi connectivity index (χ1v) is 4.85. The minimum Gasteiger partial charge on any atom is -0.0840 e. The van der Waals surface area contributed by atoms with E-state index in [4.69, 9.17) is 11.6 Å². The predicted octanol–water partition coefficient (Wildman–Crippen LogP) is 3.25. The van der Waals surface area contributed by atoms with E-state index in [0.29, 0.717) is 0 Å². The van der Waals surface area contributed by atoms with Gasteiger partial charge in [0.1, 0.15) is 0 Å². The Morgan fingerprint density at radius 1 is 1.33 bits per heavy atom. The van der Waals surface area contributed by atoms with Gasteiger partial charge in [-0.25, -0.2) is 0 Å². The molecule has 63 valence electrons. The number of benzene rings is 1. The minimum atomic E-state index is 0.116. The van der Waals surface area contributed by atoms with Crippen LogP contribution in [-0.2, 0) is 6.42 Å². The van der Waals surface area contributed by atoms with E-state index in [2.05, 4.69) is 30.2 Å². The maximum absolute atomic E-state index is 6.01. The summed E-state index contributed by atoms with van der Waals surface area (Å²) < 4.78 is 0. The van der Waals surface area contributed by atoms with Crippen molar-refractivity contribution in [3.8, 4) is 0 Å². The topological polar surface area (TPSA) is 0 Å². The monoisotopic (exact) mass is 195 g/mol. The number of hydrogen-bond acceptors (Lipinski definition) is 0. The van der Waals surface area contributed by atoms with Crippen LogP contribution < -0.4 is 0 Å². The summed E-state index contributed by atoms with van der Waals surface area (Å²) in [6, 6.07) is 7.95. The Balaban J connectivity index is 2.83. The average molecular weight is 196 g/mol. The van der Waals surface area contributed by atoms with Crippen molar-refractivity contribution in [2.75, 3.05) is 0 Å². The lowest BCUT2D eigenvalue weighted by molar-refractivity contribution is 0.676. The Hall–Kier alpha value is -0.273. The molecule has 12 heavy (non-hydrogen) atoms. The van der Waals surface area contributed by atoms with Crippen molar-refractivity contribution in [2.24, 2.45) is 0 Å². The summed E-state index contributed by atoms with van der Waals surface area (Å²) in [5.41, 5.74) is 1.19. The molecule has 0 bridgehead atoms. The lowest BCUT2D eigenvalue weighted by atomic mass is 10.0. The highest BCUT2D eigenvalue weighted by Gasteiger charge is 2.12. The van der Waals surface area contributed by atoms with Gasteiger partial charge in [-0.05, 0) is 23.1 Å². The molecule has 0 atom stereocenters. The van der Waals surface area contributed by atoms with Crippen molar-refractivity contribution in [1.82, 2.24) is 0 Å². The van der Waals surface area contributed by atoms with Crippen LogP contribution in [0.3, 0.4) is 0 Å². The molecule has 1 rings (SSSR count). The summed E-state index contributed by atoms with van der Waals surface area (Å²) >= 11 is 6.01.